The molecule has 0 aliphatic carbocycles. The van der Waals surface area contributed by atoms with E-state index in [0.717, 1.165) is 16.6 Å². The molecule has 1 aromatic heterocycles. The molecular formula is C16H18BrNOS. The standard InChI is InChI=1S/C16H18BrNOS/c1-12(16-4-3-11-20-16)18(2)10-9-15(19)13-5-7-14(17)8-6-13/h3-8,11-12H,9-10H2,1-2H3. The van der Waals surface area contributed by atoms with Crippen LogP contribution in [0.4, 0.5) is 0 Å². The Morgan fingerprint density at radius 3 is 2.60 bits per heavy atom. The molecule has 0 bridgehead atoms. The third kappa shape index (κ3) is 4.01. The largest absolute Gasteiger partial charge is 0.298 e. The second-order valence-corrected chi connectivity index (χ2v) is 6.75. The number of carbonyl (C=O) groups is 1. The molecule has 2 aromatic rings. The highest BCUT2D eigenvalue weighted by Crippen LogP contribution is 2.23. The van der Waals surface area contributed by atoms with Gasteiger partial charge in [0.15, 0.2) is 5.78 Å². The van der Waals surface area contributed by atoms with Gasteiger partial charge in [0.2, 0.25) is 0 Å². The molecule has 2 nitrogen and oxygen atoms in total. The van der Waals surface area contributed by atoms with Crippen molar-refractivity contribution in [3.8, 4) is 0 Å². The van der Waals surface area contributed by atoms with Crippen LogP contribution in [-0.4, -0.2) is 24.3 Å². The summed E-state index contributed by atoms with van der Waals surface area (Å²) in [6, 6.07) is 12.1. The van der Waals surface area contributed by atoms with E-state index in [1.165, 1.54) is 4.88 Å². The molecule has 0 radical (unpaired) electrons. The van der Waals surface area contributed by atoms with Crippen LogP contribution in [0.3, 0.4) is 0 Å². The maximum Gasteiger partial charge on any atom is 0.164 e. The number of ketones is 1. The van der Waals surface area contributed by atoms with E-state index in [9.17, 15) is 4.79 Å². The molecule has 0 saturated carbocycles. The minimum absolute atomic E-state index is 0.197. The van der Waals surface area contributed by atoms with E-state index in [1.54, 1.807) is 11.3 Å². The highest BCUT2D eigenvalue weighted by molar-refractivity contribution is 9.10. The van der Waals surface area contributed by atoms with Crippen molar-refractivity contribution in [2.45, 2.75) is 19.4 Å². The monoisotopic (exact) mass is 351 g/mol. The number of hydrogen-bond acceptors (Lipinski definition) is 3. The molecule has 0 spiro atoms. The van der Waals surface area contributed by atoms with Crippen LogP contribution in [0.15, 0.2) is 46.3 Å². The van der Waals surface area contributed by atoms with Crippen molar-refractivity contribution in [1.29, 1.82) is 0 Å². The van der Waals surface area contributed by atoms with Gasteiger partial charge in [-0.05, 0) is 37.6 Å². The van der Waals surface area contributed by atoms with E-state index in [0.29, 0.717) is 12.5 Å². The van der Waals surface area contributed by atoms with Gasteiger partial charge in [0.05, 0.1) is 0 Å². The van der Waals surface area contributed by atoms with Gasteiger partial charge in [-0.15, -0.1) is 11.3 Å². The Morgan fingerprint density at radius 2 is 2.00 bits per heavy atom. The second kappa shape index (κ2) is 7.16. The fourth-order valence-electron chi connectivity index (χ4n) is 2.00. The van der Waals surface area contributed by atoms with Crippen LogP contribution in [0.25, 0.3) is 0 Å². The highest BCUT2D eigenvalue weighted by Gasteiger charge is 2.14. The Balaban J connectivity index is 1.88. The maximum atomic E-state index is 12.1. The zero-order valence-corrected chi connectivity index (χ0v) is 14.1. The Labute approximate surface area is 132 Å². The molecule has 0 N–H and O–H groups in total. The Hall–Kier alpha value is -0.970. The summed E-state index contributed by atoms with van der Waals surface area (Å²) in [6.07, 6.45) is 0.549. The summed E-state index contributed by atoms with van der Waals surface area (Å²) < 4.78 is 0.998. The normalized spacial score (nSPS) is 12.6. The van der Waals surface area contributed by atoms with Gasteiger partial charge >= 0.3 is 0 Å². The van der Waals surface area contributed by atoms with E-state index < -0.39 is 0 Å². The molecule has 1 unspecified atom stereocenters. The lowest BCUT2D eigenvalue weighted by molar-refractivity contribution is 0.0962. The van der Waals surface area contributed by atoms with E-state index in [1.807, 2.05) is 24.3 Å². The number of carbonyl (C=O) groups excluding carboxylic acids is 1. The molecule has 0 saturated heterocycles. The summed E-state index contributed by atoms with van der Waals surface area (Å²) in [5.74, 6) is 0.197. The van der Waals surface area contributed by atoms with Crippen molar-refractivity contribution in [2.75, 3.05) is 13.6 Å². The molecule has 1 atom stereocenters. The van der Waals surface area contributed by atoms with E-state index in [4.69, 9.17) is 0 Å². The lowest BCUT2D eigenvalue weighted by Crippen LogP contribution is -2.24. The smallest absolute Gasteiger partial charge is 0.164 e. The third-order valence-electron chi connectivity index (χ3n) is 3.47. The first-order chi connectivity index (χ1) is 9.58. The number of halogens is 1. The van der Waals surface area contributed by atoms with Crippen LogP contribution in [-0.2, 0) is 0 Å². The zero-order chi connectivity index (χ0) is 14.5. The summed E-state index contributed by atoms with van der Waals surface area (Å²) in [6.45, 7) is 2.95. The molecule has 2 rings (SSSR count). The predicted molar refractivity (Wildman–Crippen MR) is 88.5 cm³/mol. The van der Waals surface area contributed by atoms with Gasteiger partial charge in [0.1, 0.15) is 0 Å². The minimum atomic E-state index is 0.197. The molecule has 0 amide bonds. The quantitative estimate of drug-likeness (QED) is 0.698. The van der Waals surface area contributed by atoms with Gasteiger partial charge in [-0.25, -0.2) is 0 Å². The summed E-state index contributed by atoms with van der Waals surface area (Å²) in [5, 5.41) is 2.09. The number of thiophene rings is 1. The van der Waals surface area contributed by atoms with Crippen molar-refractivity contribution in [1.82, 2.24) is 4.90 Å². The molecule has 0 aliphatic rings. The van der Waals surface area contributed by atoms with Crippen LogP contribution >= 0.6 is 27.3 Å². The number of hydrogen-bond donors (Lipinski definition) is 0. The molecule has 20 heavy (non-hydrogen) atoms. The van der Waals surface area contributed by atoms with Crippen molar-refractivity contribution in [3.05, 3.63) is 56.7 Å². The molecule has 0 aliphatic heterocycles. The van der Waals surface area contributed by atoms with Gasteiger partial charge < -0.3 is 0 Å². The molecule has 1 aromatic carbocycles. The van der Waals surface area contributed by atoms with E-state index >= 15 is 0 Å². The Bertz CT molecular complexity index is 550. The lowest BCUT2D eigenvalue weighted by Gasteiger charge is -2.23. The molecule has 1 heterocycles. The second-order valence-electron chi connectivity index (χ2n) is 4.85. The average Bonchev–Trinajstić information content (AvgIpc) is 2.98. The van der Waals surface area contributed by atoms with Gasteiger partial charge in [-0.1, -0.05) is 34.1 Å². The third-order valence-corrected chi connectivity index (χ3v) is 5.05. The van der Waals surface area contributed by atoms with Crippen LogP contribution < -0.4 is 0 Å². The van der Waals surface area contributed by atoms with Crippen molar-refractivity contribution >= 4 is 33.0 Å². The van der Waals surface area contributed by atoms with E-state index in [-0.39, 0.29) is 5.78 Å². The van der Waals surface area contributed by atoms with Gasteiger partial charge in [0, 0.05) is 33.9 Å². The van der Waals surface area contributed by atoms with Crippen LogP contribution in [0.1, 0.15) is 34.6 Å². The number of nitrogens with zero attached hydrogens (tertiary/aromatic N) is 1. The van der Waals surface area contributed by atoms with Crippen LogP contribution in [0.2, 0.25) is 0 Å². The highest BCUT2D eigenvalue weighted by atomic mass is 79.9. The molecule has 106 valence electrons. The number of rotatable bonds is 6. The number of benzene rings is 1. The first kappa shape index (κ1) is 15.4. The molecular weight excluding hydrogens is 334 g/mol. The minimum Gasteiger partial charge on any atom is -0.298 e. The summed E-state index contributed by atoms with van der Waals surface area (Å²) in [5.41, 5.74) is 0.783. The topological polar surface area (TPSA) is 20.3 Å². The number of Topliss-reactive ketones (excluding diaryl/α,β-unsaturated/α-hetero) is 1. The Kier molecular flexibility index (Phi) is 5.52. The fourth-order valence-corrected chi connectivity index (χ4v) is 3.11. The SMILES string of the molecule is CC(c1cccs1)N(C)CCC(=O)c1ccc(Br)cc1. The van der Waals surface area contributed by atoms with Gasteiger partial charge in [0.25, 0.3) is 0 Å². The van der Waals surface area contributed by atoms with Gasteiger partial charge in [-0.2, -0.15) is 0 Å². The summed E-state index contributed by atoms with van der Waals surface area (Å²) in [7, 11) is 2.07. The molecule has 4 heteroatoms. The molecule has 0 fully saturated rings. The van der Waals surface area contributed by atoms with Crippen molar-refractivity contribution in [3.63, 3.8) is 0 Å². The first-order valence-electron chi connectivity index (χ1n) is 6.60. The van der Waals surface area contributed by atoms with Crippen LogP contribution in [0.5, 0.6) is 0 Å². The Morgan fingerprint density at radius 1 is 1.30 bits per heavy atom. The maximum absolute atomic E-state index is 12.1. The van der Waals surface area contributed by atoms with Crippen LogP contribution in [0, 0.1) is 0 Å². The zero-order valence-electron chi connectivity index (χ0n) is 11.7. The van der Waals surface area contributed by atoms with Crippen molar-refractivity contribution < 1.29 is 4.79 Å². The fraction of sp³-hybridized carbons (Fsp3) is 0.312. The average molecular weight is 352 g/mol. The van der Waals surface area contributed by atoms with Gasteiger partial charge in [-0.3, -0.25) is 9.69 Å². The lowest BCUT2D eigenvalue weighted by atomic mass is 10.1. The summed E-state index contributed by atoms with van der Waals surface area (Å²) >= 11 is 5.14. The van der Waals surface area contributed by atoms with E-state index in [2.05, 4.69) is 52.3 Å². The predicted octanol–water partition coefficient (Wildman–Crippen LogP) is 4.78. The first-order valence-corrected chi connectivity index (χ1v) is 8.27. The summed E-state index contributed by atoms with van der Waals surface area (Å²) in [4.78, 5) is 15.7. The van der Waals surface area contributed by atoms with Crippen molar-refractivity contribution in [2.24, 2.45) is 0 Å².